The quantitative estimate of drug-likeness (QED) is 0.249. The van der Waals surface area contributed by atoms with E-state index >= 15 is 0 Å². The summed E-state index contributed by atoms with van der Waals surface area (Å²) in [7, 11) is 0. The standard InChI is InChI=1S/C16H14FNO5S/c1-24-15-7-2-11(10-14(15)18(20)21)16(19)23-9-8-22-13-5-3-12(17)4-6-13/h2-7,10H,8-9H2,1H3. The lowest BCUT2D eigenvalue weighted by molar-refractivity contribution is -0.387. The summed E-state index contributed by atoms with van der Waals surface area (Å²) in [6.07, 6.45) is 1.72. The minimum Gasteiger partial charge on any atom is -0.490 e. The van der Waals surface area contributed by atoms with Crippen LogP contribution in [0.25, 0.3) is 0 Å². The van der Waals surface area contributed by atoms with Crippen LogP contribution < -0.4 is 4.74 Å². The van der Waals surface area contributed by atoms with Crippen LogP contribution in [0, 0.1) is 15.9 Å². The van der Waals surface area contributed by atoms with Crippen molar-refractivity contribution >= 4 is 23.4 Å². The monoisotopic (exact) mass is 351 g/mol. The molecule has 0 radical (unpaired) electrons. The number of ether oxygens (including phenoxy) is 2. The van der Waals surface area contributed by atoms with Gasteiger partial charge in [0, 0.05) is 6.07 Å². The van der Waals surface area contributed by atoms with Crippen LogP contribution in [0.15, 0.2) is 47.4 Å². The van der Waals surface area contributed by atoms with Gasteiger partial charge in [-0.05, 0) is 42.7 Å². The van der Waals surface area contributed by atoms with Crippen molar-refractivity contribution in [3.8, 4) is 5.75 Å². The minimum absolute atomic E-state index is 0.0334. The fourth-order valence-electron chi connectivity index (χ4n) is 1.87. The molecule has 2 aromatic carbocycles. The molecule has 0 aliphatic rings. The fraction of sp³-hybridized carbons (Fsp3) is 0.188. The van der Waals surface area contributed by atoms with Crippen LogP contribution in [-0.4, -0.2) is 30.4 Å². The molecule has 0 aliphatic carbocycles. The highest BCUT2D eigenvalue weighted by molar-refractivity contribution is 7.98. The van der Waals surface area contributed by atoms with E-state index in [0.29, 0.717) is 10.6 Å². The number of rotatable bonds is 7. The van der Waals surface area contributed by atoms with Gasteiger partial charge in [0.15, 0.2) is 0 Å². The highest BCUT2D eigenvalue weighted by atomic mass is 32.2. The molecule has 0 N–H and O–H groups in total. The summed E-state index contributed by atoms with van der Waals surface area (Å²) < 4.78 is 23.0. The van der Waals surface area contributed by atoms with Crippen LogP contribution in [-0.2, 0) is 4.74 Å². The van der Waals surface area contributed by atoms with Crippen molar-refractivity contribution in [2.24, 2.45) is 0 Å². The first kappa shape index (κ1) is 17.7. The van der Waals surface area contributed by atoms with E-state index in [1.807, 2.05) is 0 Å². The van der Waals surface area contributed by atoms with E-state index in [1.54, 1.807) is 6.26 Å². The number of thioether (sulfide) groups is 1. The third kappa shape index (κ3) is 4.69. The Labute approximate surface area is 141 Å². The molecule has 0 atom stereocenters. The fourth-order valence-corrected chi connectivity index (χ4v) is 2.41. The second kappa shape index (κ2) is 8.30. The molecule has 0 bridgehead atoms. The van der Waals surface area contributed by atoms with E-state index < -0.39 is 10.9 Å². The summed E-state index contributed by atoms with van der Waals surface area (Å²) in [5, 5.41) is 11.0. The Balaban J connectivity index is 1.89. The molecule has 0 spiro atoms. The summed E-state index contributed by atoms with van der Waals surface area (Å²) in [5.74, 6) is -0.593. The molecule has 2 aromatic rings. The first-order valence-electron chi connectivity index (χ1n) is 6.89. The van der Waals surface area contributed by atoms with Crippen LogP contribution in [0.4, 0.5) is 10.1 Å². The number of carbonyl (C=O) groups excluding carboxylic acids is 1. The highest BCUT2D eigenvalue weighted by Gasteiger charge is 2.17. The zero-order valence-electron chi connectivity index (χ0n) is 12.7. The lowest BCUT2D eigenvalue weighted by atomic mass is 10.2. The normalized spacial score (nSPS) is 10.2. The molecule has 0 amide bonds. The van der Waals surface area contributed by atoms with Gasteiger partial charge in [0.1, 0.15) is 24.8 Å². The topological polar surface area (TPSA) is 78.7 Å². The van der Waals surface area contributed by atoms with Gasteiger partial charge in [-0.15, -0.1) is 11.8 Å². The predicted molar refractivity (Wildman–Crippen MR) is 87.1 cm³/mol. The van der Waals surface area contributed by atoms with Crippen molar-refractivity contribution in [1.82, 2.24) is 0 Å². The molecular formula is C16H14FNO5S. The van der Waals surface area contributed by atoms with Crippen LogP contribution in [0.5, 0.6) is 5.75 Å². The van der Waals surface area contributed by atoms with E-state index in [-0.39, 0.29) is 30.3 Å². The first-order valence-corrected chi connectivity index (χ1v) is 8.11. The molecule has 2 rings (SSSR count). The number of benzene rings is 2. The molecule has 6 nitrogen and oxygen atoms in total. The van der Waals surface area contributed by atoms with Crippen LogP contribution in [0.1, 0.15) is 10.4 Å². The lowest BCUT2D eigenvalue weighted by Crippen LogP contribution is -2.12. The van der Waals surface area contributed by atoms with Crippen molar-refractivity contribution in [2.75, 3.05) is 19.5 Å². The smallest absolute Gasteiger partial charge is 0.338 e. The second-order valence-corrected chi connectivity index (χ2v) is 5.43. The van der Waals surface area contributed by atoms with Gasteiger partial charge in [-0.1, -0.05) is 0 Å². The molecule has 0 aromatic heterocycles. The minimum atomic E-state index is -0.673. The van der Waals surface area contributed by atoms with E-state index in [9.17, 15) is 19.3 Å². The summed E-state index contributed by atoms with van der Waals surface area (Å²) in [4.78, 5) is 22.8. The summed E-state index contributed by atoms with van der Waals surface area (Å²) >= 11 is 1.22. The molecule has 0 fully saturated rings. The number of esters is 1. The molecule has 8 heteroatoms. The number of nitro benzene ring substituents is 1. The maximum atomic E-state index is 12.7. The largest absolute Gasteiger partial charge is 0.490 e. The van der Waals surface area contributed by atoms with Crippen molar-refractivity contribution in [2.45, 2.75) is 4.90 Å². The van der Waals surface area contributed by atoms with E-state index in [1.165, 1.54) is 54.2 Å². The van der Waals surface area contributed by atoms with Crippen molar-refractivity contribution in [3.05, 3.63) is 64.0 Å². The third-order valence-corrected chi connectivity index (χ3v) is 3.80. The Kier molecular flexibility index (Phi) is 6.14. The molecular weight excluding hydrogens is 337 g/mol. The predicted octanol–water partition coefficient (Wildman–Crippen LogP) is 3.69. The van der Waals surface area contributed by atoms with Crippen molar-refractivity contribution in [3.63, 3.8) is 0 Å². The van der Waals surface area contributed by atoms with Gasteiger partial charge >= 0.3 is 5.97 Å². The molecule has 24 heavy (non-hydrogen) atoms. The van der Waals surface area contributed by atoms with Gasteiger partial charge in [0.25, 0.3) is 5.69 Å². The van der Waals surface area contributed by atoms with E-state index in [2.05, 4.69) is 0 Å². The number of nitro groups is 1. The summed E-state index contributed by atoms with van der Waals surface area (Å²) in [5.41, 5.74) is -0.0409. The number of carbonyl (C=O) groups is 1. The molecule has 0 unspecified atom stereocenters. The number of hydrogen-bond acceptors (Lipinski definition) is 6. The Bertz CT molecular complexity index is 736. The number of nitrogens with zero attached hydrogens (tertiary/aromatic N) is 1. The molecule has 126 valence electrons. The van der Waals surface area contributed by atoms with Crippen LogP contribution in [0.2, 0.25) is 0 Å². The maximum absolute atomic E-state index is 12.7. The number of hydrogen-bond donors (Lipinski definition) is 0. The van der Waals surface area contributed by atoms with Gasteiger partial charge in [-0.3, -0.25) is 10.1 Å². The van der Waals surface area contributed by atoms with Crippen molar-refractivity contribution < 1.29 is 23.6 Å². The average Bonchev–Trinajstić information content (AvgIpc) is 2.59. The van der Waals surface area contributed by atoms with E-state index in [0.717, 1.165) is 0 Å². The Morgan fingerprint density at radius 2 is 1.92 bits per heavy atom. The van der Waals surface area contributed by atoms with Gasteiger partial charge in [-0.2, -0.15) is 0 Å². The zero-order chi connectivity index (χ0) is 17.5. The van der Waals surface area contributed by atoms with Crippen LogP contribution >= 0.6 is 11.8 Å². The van der Waals surface area contributed by atoms with Gasteiger partial charge in [0.2, 0.25) is 0 Å². The number of halogens is 1. The van der Waals surface area contributed by atoms with E-state index in [4.69, 9.17) is 9.47 Å². The molecule has 0 saturated heterocycles. The second-order valence-electron chi connectivity index (χ2n) is 4.58. The Morgan fingerprint density at radius 3 is 2.54 bits per heavy atom. The highest BCUT2D eigenvalue weighted by Crippen LogP contribution is 2.28. The summed E-state index contributed by atoms with van der Waals surface area (Å²) in [6, 6.07) is 9.61. The SMILES string of the molecule is CSc1ccc(C(=O)OCCOc2ccc(F)cc2)cc1[N+](=O)[O-]. The van der Waals surface area contributed by atoms with Gasteiger partial charge in [-0.25, -0.2) is 9.18 Å². The zero-order valence-corrected chi connectivity index (χ0v) is 13.5. The van der Waals surface area contributed by atoms with Gasteiger partial charge < -0.3 is 9.47 Å². The van der Waals surface area contributed by atoms with Crippen molar-refractivity contribution in [1.29, 1.82) is 0 Å². The lowest BCUT2D eigenvalue weighted by Gasteiger charge is -2.08. The first-order chi connectivity index (χ1) is 11.5. The van der Waals surface area contributed by atoms with Crippen LogP contribution in [0.3, 0.4) is 0 Å². The Morgan fingerprint density at radius 1 is 1.21 bits per heavy atom. The average molecular weight is 351 g/mol. The Hall–Kier alpha value is -2.61. The van der Waals surface area contributed by atoms with Gasteiger partial charge in [0.05, 0.1) is 15.4 Å². The molecule has 0 aliphatic heterocycles. The third-order valence-electron chi connectivity index (χ3n) is 3.01. The maximum Gasteiger partial charge on any atom is 0.338 e. The molecule has 0 heterocycles. The summed E-state index contributed by atoms with van der Waals surface area (Å²) in [6.45, 7) is 0.0522. The molecule has 0 saturated carbocycles.